The summed E-state index contributed by atoms with van der Waals surface area (Å²) in [6.07, 6.45) is 1.50. The Hall–Kier alpha value is -2.69. The van der Waals surface area contributed by atoms with Crippen molar-refractivity contribution in [2.24, 2.45) is 11.7 Å². The molecule has 0 aromatic heterocycles. The lowest BCUT2D eigenvalue weighted by Gasteiger charge is -2.24. The van der Waals surface area contributed by atoms with Crippen LogP contribution in [0.25, 0.3) is 0 Å². The molecule has 0 saturated carbocycles. The van der Waals surface area contributed by atoms with Gasteiger partial charge in [0.1, 0.15) is 18.1 Å². The van der Waals surface area contributed by atoms with Crippen LogP contribution in [0.1, 0.15) is 52.9 Å². The van der Waals surface area contributed by atoms with Crippen molar-refractivity contribution in [3.8, 4) is 0 Å². The SMILES string of the molecule is CC(C)CC(NC(=O)C(C)NC(=O)C1CCCN1)C(=O)NC(CCC(N)=O)C(=O)O. The Kier molecular flexibility index (Phi) is 10.2. The minimum atomic E-state index is -1.30. The van der Waals surface area contributed by atoms with Gasteiger partial charge in [-0.05, 0) is 45.1 Å². The molecule has 30 heavy (non-hydrogen) atoms. The summed E-state index contributed by atoms with van der Waals surface area (Å²) in [7, 11) is 0. The number of nitrogens with one attached hydrogen (secondary N) is 4. The van der Waals surface area contributed by atoms with E-state index < -0.39 is 41.8 Å². The number of carbonyl (C=O) groups is 5. The Morgan fingerprint density at radius 1 is 1.03 bits per heavy atom. The second kappa shape index (κ2) is 12.1. The normalized spacial score (nSPS) is 18.9. The molecule has 1 heterocycles. The van der Waals surface area contributed by atoms with Crippen molar-refractivity contribution in [1.29, 1.82) is 0 Å². The van der Waals surface area contributed by atoms with Crippen LogP contribution in [0.4, 0.5) is 0 Å². The predicted octanol–water partition coefficient (Wildman–Crippen LogP) is -1.39. The van der Waals surface area contributed by atoms with Gasteiger partial charge in [-0.1, -0.05) is 13.8 Å². The van der Waals surface area contributed by atoms with Gasteiger partial charge in [0.15, 0.2) is 0 Å². The Morgan fingerprint density at radius 2 is 1.67 bits per heavy atom. The van der Waals surface area contributed by atoms with Crippen LogP contribution in [0.3, 0.4) is 0 Å². The highest BCUT2D eigenvalue weighted by Gasteiger charge is 2.30. The van der Waals surface area contributed by atoms with Crippen LogP contribution < -0.4 is 27.0 Å². The maximum Gasteiger partial charge on any atom is 0.326 e. The molecule has 0 spiro atoms. The standard InChI is InChI=1S/C19H33N5O6/c1-10(2)9-14(18(28)23-13(19(29)30)6-7-15(20)25)24-16(26)11(3)22-17(27)12-5-4-8-21-12/h10-14,21H,4-9H2,1-3H3,(H2,20,25)(H,22,27)(H,23,28)(H,24,26)(H,29,30). The molecule has 11 nitrogen and oxygen atoms in total. The highest BCUT2D eigenvalue weighted by Crippen LogP contribution is 2.08. The van der Waals surface area contributed by atoms with E-state index in [4.69, 9.17) is 5.73 Å². The van der Waals surface area contributed by atoms with Gasteiger partial charge >= 0.3 is 5.97 Å². The van der Waals surface area contributed by atoms with Gasteiger partial charge in [-0.3, -0.25) is 19.2 Å². The lowest BCUT2D eigenvalue weighted by atomic mass is 10.0. The average molecular weight is 428 g/mol. The molecule has 1 fully saturated rings. The summed E-state index contributed by atoms with van der Waals surface area (Å²) < 4.78 is 0. The molecule has 0 radical (unpaired) electrons. The lowest BCUT2D eigenvalue weighted by molar-refractivity contribution is -0.142. The quantitative estimate of drug-likeness (QED) is 0.222. The molecular formula is C19H33N5O6. The second-order valence-corrected chi connectivity index (χ2v) is 7.97. The van der Waals surface area contributed by atoms with Gasteiger partial charge in [0, 0.05) is 6.42 Å². The summed E-state index contributed by atoms with van der Waals surface area (Å²) in [4.78, 5) is 59.6. The first kappa shape index (κ1) is 25.3. The summed E-state index contributed by atoms with van der Waals surface area (Å²) in [6.45, 7) is 5.96. The van der Waals surface area contributed by atoms with E-state index in [0.29, 0.717) is 6.42 Å². The zero-order chi connectivity index (χ0) is 22.8. The predicted molar refractivity (Wildman–Crippen MR) is 108 cm³/mol. The molecule has 4 unspecified atom stereocenters. The van der Waals surface area contributed by atoms with E-state index in [1.54, 1.807) is 0 Å². The molecule has 4 amide bonds. The lowest BCUT2D eigenvalue weighted by Crippen LogP contribution is -2.56. The van der Waals surface area contributed by atoms with Crippen molar-refractivity contribution in [1.82, 2.24) is 21.3 Å². The number of carboxylic acids is 1. The zero-order valence-electron chi connectivity index (χ0n) is 17.7. The van der Waals surface area contributed by atoms with E-state index in [1.807, 2.05) is 13.8 Å². The Labute approximate surface area is 175 Å². The number of hydrogen-bond acceptors (Lipinski definition) is 6. The molecule has 11 heteroatoms. The number of nitrogens with two attached hydrogens (primary N) is 1. The topological polar surface area (TPSA) is 180 Å². The molecule has 4 atom stereocenters. The number of carboxylic acid groups (broad SMARTS) is 1. The fraction of sp³-hybridized carbons (Fsp3) is 0.737. The number of carbonyl (C=O) groups excluding carboxylic acids is 4. The van der Waals surface area contributed by atoms with E-state index in [0.717, 1.165) is 13.0 Å². The minimum Gasteiger partial charge on any atom is -0.480 e. The van der Waals surface area contributed by atoms with Crippen molar-refractivity contribution < 1.29 is 29.1 Å². The highest BCUT2D eigenvalue weighted by atomic mass is 16.4. The first-order chi connectivity index (χ1) is 14.0. The van der Waals surface area contributed by atoms with E-state index in [1.165, 1.54) is 6.92 Å². The first-order valence-electron chi connectivity index (χ1n) is 10.2. The van der Waals surface area contributed by atoms with Gasteiger partial charge in [-0.25, -0.2) is 4.79 Å². The third-order valence-electron chi connectivity index (χ3n) is 4.76. The Morgan fingerprint density at radius 3 is 2.17 bits per heavy atom. The summed E-state index contributed by atoms with van der Waals surface area (Å²) >= 11 is 0. The van der Waals surface area contributed by atoms with Gasteiger partial charge < -0.3 is 32.1 Å². The number of rotatable bonds is 12. The largest absolute Gasteiger partial charge is 0.480 e. The molecule has 0 aromatic carbocycles. The zero-order valence-corrected chi connectivity index (χ0v) is 17.7. The molecule has 1 aliphatic heterocycles. The Bertz CT molecular complexity index is 647. The van der Waals surface area contributed by atoms with Crippen LogP contribution >= 0.6 is 0 Å². The fourth-order valence-corrected chi connectivity index (χ4v) is 3.10. The Balaban J connectivity index is 2.72. The van der Waals surface area contributed by atoms with Gasteiger partial charge in [0.2, 0.25) is 23.6 Å². The summed E-state index contributed by atoms with van der Waals surface area (Å²) in [5.74, 6) is -3.45. The van der Waals surface area contributed by atoms with Gasteiger partial charge in [-0.2, -0.15) is 0 Å². The van der Waals surface area contributed by atoms with Crippen molar-refractivity contribution in [2.75, 3.05) is 6.54 Å². The first-order valence-corrected chi connectivity index (χ1v) is 10.2. The molecule has 0 aromatic rings. The molecule has 170 valence electrons. The van der Waals surface area contributed by atoms with E-state index in [-0.39, 0.29) is 37.1 Å². The van der Waals surface area contributed by atoms with Crippen LogP contribution in [0, 0.1) is 5.92 Å². The highest BCUT2D eigenvalue weighted by molar-refractivity contribution is 5.94. The third-order valence-corrected chi connectivity index (χ3v) is 4.76. The van der Waals surface area contributed by atoms with Crippen molar-refractivity contribution >= 4 is 29.6 Å². The summed E-state index contributed by atoms with van der Waals surface area (Å²) in [5.41, 5.74) is 5.04. The second-order valence-electron chi connectivity index (χ2n) is 7.97. The monoisotopic (exact) mass is 427 g/mol. The van der Waals surface area contributed by atoms with Crippen LogP contribution in [-0.4, -0.2) is 65.4 Å². The minimum absolute atomic E-state index is 0.0301. The summed E-state index contributed by atoms with van der Waals surface area (Å²) in [6, 6.07) is -3.50. The smallest absolute Gasteiger partial charge is 0.326 e. The summed E-state index contributed by atoms with van der Waals surface area (Å²) in [5, 5.41) is 19.9. The average Bonchev–Trinajstić information content (AvgIpc) is 3.18. The molecule has 1 aliphatic rings. The number of aliphatic carboxylic acids is 1. The molecular weight excluding hydrogens is 394 g/mol. The molecule has 0 bridgehead atoms. The van der Waals surface area contributed by atoms with E-state index in [2.05, 4.69) is 21.3 Å². The van der Waals surface area contributed by atoms with E-state index >= 15 is 0 Å². The van der Waals surface area contributed by atoms with Crippen LogP contribution in [-0.2, 0) is 24.0 Å². The molecule has 1 rings (SSSR count). The maximum absolute atomic E-state index is 12.6. The number of hydrogen-bond donors (Lipinski definition) is 6. The maximum atomic E-state index is 12.6. The van der Waals surface area contributed by atoms with Crippen molar-refractivity contribution in [2.45, 2.75) is 77.0 Å². The van der Waals surface area contributed by atoms with Gasteiger partial charge in [0.05, 0.1) is 6.04 Å². The van der Waals surface area contributed by atoms with Crippen molar-refractivity contribution in [3.05, 3.63) is 0 Å². The number of primary amides is 1. The number of amides is 4. The van der Waals surface area contributed by atoms with Crippen molar-refractivity contribution in [3.63, 3.8) is 0 Å². The van der Waals surface area contributed by atoms with Gasteiger partial charge in [0.25, 0.3) is 0 Å². The third kappa shape index (κ3) is 8.76. The van der Waals surface area contributed by atoms with Gasteiger partial charge in [-0.15, -0.1) is 0 Å². The van der Waals surface area contributed by atoms with E-state index in [9.17, 15) is 29.1 Å². The van der Waals surface area contributed by atoms with Crippen LogP contribution in [0.15, 0.2) is 0 Å². The molecule has 1 saturated heterocycles. The molecule has 0 aliphatic carbocycles. The molecule has 7 N–H and O–H groups in total. The fourth-order valence-electron chi connectivity index (χ4n) is 3.10. The van der Waals surface area contributed by atoms with Crippen LogP contribution in [0.5, 0.6) is 0 Å². The van der Waals surface area contributed by atoms with Crippen LogP contribution in [0.2, 0.25) is 0 Å².